The van der Waals surface area contributed by atoms with E-state index >= 15 is 0 Å². The van der Waals surface area contributed by atoms with E-state index in [4.69, 9.17) is 52.9 Å². The van der Waals surface area contributed by atoms with Crippen molar-refractivity contribution in [2.45, 2.75) is 77.1 Å². The molecule has 0 saturated carbocycles. The molecule has 0 N–H and O–H groups in total. The highest BCUT2D eigenvalue weighted by Gasteiger charge is 2.35. The maximum absolute atomic E-state index is 13.8. The normalized spacial score (nSPS) is 19.0. The molecule has 1 amide bonds. The van der Waals surface area contributed by atoms with Crippen molar-refractivity contribution in [3.8, 4) is 28.7 Å². The van der Waals surface area contributed by atoms with Crippen molar-refractivity contribution in [1.29, 1.82) is 0 Å². The molecule has 0 spiro atoms. The summed E-state index contributed by atoms with van der Waals surface area (Å²) in [5, 5.41) is 0. The van der Waals surface area contributed by atoms with Gasteiger partial charge in [0.05, 0.1) is 81.6 Å². The molecule has 2 atom stereocenters. The second-order valence-corrected chi connectivity index (χ2v) is 20.8. The highest BCUT2D eigenvalue weighted by molar-refractivity contribution is 8.77. The maximum Gasteiger partial charge on any atom is 0.257 e. The number of fused-ring (bicyclic) bond motifs is 4. The van der Waals surface area contributed by atoms with Crippen LogP contribution in [0.2, 0.25) is 0 Å². The number of aromatic nitrogens is 1. The third kappa shape index (κ3) is 13.6. The lowest BCUT2D eigenvalue weighted by molar-refractivity contribution is 0.0184. The van der Waals surface area contributed by atoms with Crippen molar-refractivity contribution in [2.24, 2.45) is 9.98 Å². The van der Waals surface area contributed by atoms with E-state index in [2.05, 4.69) is 55.2 Å². The molecule has 4 aliphatic heterocycles. The fourth-order valence-corrected chi connectivity index (χ4v) is 11.0. The summed E-state index contributed by atoms with van der Waals surface area (Å²) >= 11 is 0. The molecule has 0 aliphatic carbocycles. The van der Waals surface area contributed by atoms with Crippen molar-refractivity contribution < 1.29 is 42.7 Å². The summed E-state index contributed by atoms with van der Waals surface area (Å²) in [6, 6.07) is 11.5. The number of hydrogen-bond donors (Lipinski definition) is 0. The first kappa shape index (κ1) is 51.2. The number of aliphatic imine (C=N–C) groups is 2. The van der Waals surface area contributed by atoms with Crippen molar-refractivity contribution in [2.75, 3.05) is 100.0 Å². The molecule has 2 saturated heterocycles. The molecular weight excluding hydrogens is 905 g/mol. The Balaban J connectivity index is 1.09. The van der Waals surface area contributed by atoms with Crippen LogP contribution in [-0.2, 0) is 34.0 Å². The summed E-state index contributed by atoms with van der Waals surface area (Å²) in [4.78, 5) is 35.1. The van der Waals surface area contributed by atoms with Gasteiger partial charge in [0.2, 0.25) is 0 Å². The van der Waals surface area contributed by atoms with Crippen LogP contribution in [0.15, 0.2) is 69.7 Å². The average Bonchev–Trinajstić information content (AvgIpc) is 3.87. The molecule has 4 aliphatic rings. The Labute approximate surface area is 410 Å². The van der Waals surface area contributed by atoms with Crippen molar-refractivity contribution in [3.05, 3.63) is 82.2 Å². The number of hydrogen-bond acceptors (Lipinski definition) is 16. The summed E-state index contributed by atoms with van der Waals surface area (Å²) in [5.74, 6) is 2.62. The number of methoxy groups -OCH3 is 3. The van der Waals surface area contributed by atoms with Crippen LogP contribution in [0.3, 0.4) is 0 Å². The highest BCUT2D eigenvalue weighted by atomic mass is 33.1. The van der Waals surface area contributed by atoms with Crippen molar-refractivity contribution in [1.82, 2.24) is 19.7 Å². The Bertz CT molecular complexity index is 2320. The fourth-order valence-electron chi connectivity index (χ4n) is 8.79. The molecule has 2 unspecified atom stereocenters. The van der Waals surface area contributed by atoms with Crippen LogP contribution >= 0.6 is 21.6 Å². The highest BCUT2D eigenvalue weighted by Crippen LogP contribution is 2.41. The monoisotopic (exact) mass is 972 g/mol. The Hall–Kier alpha value is -4.62. The summed E-state index contributed by atoms with van der Waals surface area (Å²) in [6.45, 7) is 16.5. The second kappa shape index (κ2) is 24.8. The number of pyridine rings is 1. The summed E-state index contributed by atoms with van der Waals surface area (Å²) in [5.41, 5.74) is 6.87. The van der Waals surface area contributed by atoms with Crippen LogP contribution in [0, 0.1) is 0 Å². The first-order chi connectivity index (χ1) is 33.0. The van der Waals surface area contributed by atoms with Gasteiger partial charge in [-0.1, -0.05) is 44.9 Å². The van der Waals surface area contributed by atoms with Crippen LogP contribution in [0.5, 0.6) is 28.7 Å². The molecule has 15 nitrogen and oxygen atoms in total. The van der Waals surface area contributed by atoms with E-state index in [9.17, 15) is 4.79 Å². The van der Waals surface area contributed by atoms with Crippen molar-refractivity contribution in [3.63, 3.8) is 0 Å². The standard InChI is InChI=1S/C51H68N6O9S2/c1-9-35-19-40-27-52-44-25-48(46(60-6)21-37(44)31-56(40)29-35)65-32-38-22-42(64-14-12-55(34-51(3,4)68-67-8)11-13-62-17-18-63-16-15-59-5)23-39(54-38)33-66-49-26-45-43(24-47(49)61-7)50(58)57-30-36(10-2)20-41(57)28-53-45/h9-10,21-28,40-41H,11-20,29-34H2,1-8H3. The van der Waals surface area contributed by atoms with Crippen molar-refractivity contribution >= 4 is 51.3 Å². The number of ether oxygens (including phenoxy) is 8. The maximum atomic E-state index is 13.8. The number of amides is 1. The van der Waals surface area contributed by atoms with E-state index in [-0.39, 0.29) is 36.0 Å². The van der Waals surface area contributed by atoms with Gasteiger partial charge in [-0.2, -0.15) is 0 Å². The van der Waals surface area contributed by atoms with Gasteiger partial charge in [0.25, 0.3) is 5.91 Å². The molecule has 2 aromatic carbocycles. The van der Waals surface area contributed by atoms with Crippen LogP contribution in [-0.4, -0.2) is 155 Å². The lowest BCUT2D eigenvalue weighted by Gasteiger charge is -2.31. The number of benzene rings is 2. The third-order valence-corrected chi connectivity index (χ3v) is 14.9. The zero-order valence-electron chi connectivity index (χ0n) is 40.9. The molecule has 5 heterocycles. The van der Waals surface area contributed by atoms with Gasteiger partial charge in [-0.05, 0) is 64.5 Å². The molecule has 368 valence electrons. The van der Waals surface area contributed by atoms with E-state index in [1.54, 1.807) is 44.3 Å². The third-order valence-electron chi connectivity index (χ3n) is 12.3. The smallest absolute Gasteiger partial charge is 0.257 e. The SMILES string of the molecule is CC=C1CC2C=Nc3cc(OCc4cc(OCCN(CCOCCOCCOC)CC(C)(C)SSC)cc(COc5cc6c(cc5OC)C(=O)N5CC(=CC)CC5C=N6)n4)c(OC)cc3CN2C1. The van der Waals surface area contributed by atoms with Crippen LogP contribution in [0.25, 0.3) is 0 Å². The Morgan fingerprint density at radius 2 is 1.34 bits per heavy atom. The minimum Gasteiger partial charge on any atom is -0.493 e. The van der Waals surface area contributed by atoms with Crippen LogP contribution in [0.4, 0.5) is 11.4 Å². The number of rotatable bonds is 25. The quantitative estimate of drug-likeness (QED) is 0.0456. The van der Waals surface area contributed by atoms with Gasteiger partial charge < -0.3 is 42.8 Å². The predicted octanol–water partition coefficient (Wildman–Crippen LogP) is 8.52. The van der Waals surface area contributed by atoms with Gasteiger partial charge in [0.1, 0.15) is 25.6 Å². The number of carbonyl (C=O) groups excluding carboxylic acids is 1. The second-order valence-electron chi connectivity index (χ2n) is 17.7. The van der Waals surface area contributed by atoms with E-state index in [1.165, 1.54) is 11.1 Å². The Morgan fingerprint density at radius 3 is 2.03 bits per heavy atom. The van der Waals surface area contributed by atoms with Gasteiger partial charge in [-0.3, -0.25) is 29.6 Å². The molecule has 3 aromatic rings. The molecule has 1 aromatic heterocycles. The minimum absolute atomic E-state index is 0.00500. The lowest BCUT2D eigenvalue weighted by atomic mass is 10.1. The van der Waals surface area contributed by atoms with Gasteiger partial charge in [-0.15, -0.1) is 0 Å². The van der Waals surface area contributed by atoms with E-state index < -0.39 is 0 Å². The van der Waals surface area contributed by atoms with E-state index in [0.29, 0.717) is 104 Å². The molecule has 68 heavy (non-hydrogen) atoms. The first-order valence-electron chi connectivity index (χ1n) is 23.3. The summed E-state index contributed by atoms with van der Waals surface area (Å²) < 4.78 is 47.7. The summed E-state index contributed by atoms with van der Waals surface area (Å²) in [6.07, 6.45) is 12.1. The zero-order chi connectivity index (χ0) is 48.0. The van der Waals surface area contributed by atoms with Gasteiger partial charge >= 0.3 is 0 Å². The summed E-state index contributed by atoms with van der Waals surface area (Å²) in [7, 11) is 8.51. The van der Waals surface area contributed by atoms with Gasteiger partial charge in [0.15, 0.2) is 23.0 Å². The lowest BCUT2D eigenvalue weighted by Crippen LogP contribution is -2.40. The minimum atomic E-state index is -0.0930. The fraction of sp³-hybridized carbons (Fsp3) is 0.529. The molecule has 2 fully saturated rings. The Kier molecular flexibility index (Phi) is 18.7. The predicted molar refractivity (Wildman–Crippen MR) is 272 cm³/mol. The first-order valence-corrected chi connectivity index (χ1v) is 25.9. The van der Waals surface area contributed by atoms with Crippen LogP contribution in [0.1, 0.15) is 67.8 Å². The molecule has 0 bridgehead atoms. The van der Waals surface area contributed by atoms with Gasteiger partial charge in [-0.25, -0.2) is 0 Å². The average molecular weight is 973 g/mol. The Morgan fingerprint density at radius 1 is 0.721 bits per heavy atom. The number of nitrogens with zero attached hydrogens (tertiary/aromatic N) is 6. The molecule has 17 heteroatoms. The molecule has 7 rings (SSSR count). The van der Waals surface area contributed by atoms with E-state index in [1.807, 2.05) is 53.1 Å². The number of carbonyl (C=O) groups is 1. The van der Waals surface area contributed by atoms with Crippen LogP contribution < -0.4 is 23.7 Å². The topological polar surface area (TPSA) is 138 Å². The van der Waals surface area contributed by atoms with Gasteiger partial charge in [0, 0.05) is 93.9 Å². The molecule has 0 radical (unpaired) electrons. The number of allylic oxidation sites excluding steroid dienone is 2. The molecular formula is C51H68N6O9S2. The zero-order valence-corrected chi connectivity index (χ0v) is 42.5. The largest absolute Gasteiger partial charge is 0.493 e. The van der Waals surface area contributed by atoms with E-state index in [0.717, 1.165) is 50.3 Å².